The Morgan fingerprint density at radius 2 is 1.02 bits per heavy atom. The summed E-state index contributed by atoms with van der Waals surface area (Å²) < 4.78 is 8.98. The number of nitrogens with zero attached hydrogens (tertiary/aromatic N) is 6. The summed E-state index contributed by atoms with van der Waals surface area (Å²) in [5, 5.41) is 12.2. The van der Waals surface area contributed by atoms with Crippen molar-refractivity contribution in [2.75, 3.05) is 0 Å². The highest BCUT2D eigenvalue weighted by molar-refractivity contribution is 7.26. The Bertz CT molecular complexity index is 3390. The third-order valence-electron chi connectivity index (χ3n) is 10.4. The summed E-state index contributed by atoms with van der Waals surface area (Å²) in [4.78, 5) is 25.7. The number of rotatable bonds is 6. The van der Waals surface area contributed by atoms with Crippen molar-refractivity contribution < 1.29 is 4.42 Å². The van der Waals surface area contributed by atoms with Crippen molar-refractivity contribution >= 4 is 53.6 Å². The van der Waals surface area contributed by atoms with Gasteiger partial charge in [-0.25, -0.2) is 24.9 Å². The average molecular weight is 761 g/mol. The maximum Gasteiger partial charge on any atom is 0.164 e. The Balaban J connectivity index is 1.08. The number of benzene rings is 7. The summed E-state index contributed by atoms with van der Waals surface area (Å²) in [6, 6.07) is 58.7. The van der Waals surface area contributed by atoms with E-state index in [1.165, 1.54) is 4.70 Å². The normalized spacial score (nSPS) is 11.4. The smallest absolute Gasteiger partial charge is 0.164 e. The SMILES string of the molecule is N#Cc1ccc(-c2ccc(-c3nc(-c4ccccc4)nc(-c4cccc5oc6c(-c7nc(-c8ccccc8)c8sc9ccccc9c8n7)cccc6c45)n3)cc2)cc1. The molecule has 0 amide bonds. The van der Waals surface area contributed by atoms with Crippen LogP contribution >= 0.6 is 11.3 Å². The van der Waals surface area contributed by atoms with Crippen LogP contribution in [0, 0.1) is 11.3 Å². The first-order chi connectivity index (χ1) is 28.7. The zero-order chi connectivity index (χ0) is 38.6. The number of furan rings is 1. The van der Waals surface area contributed by atoms with E-state index in [0.717, 1.165) is 71.0 Å². The molecule has 4 heterocycles. The predicted octanol–water partition coefficient (Wildman–Crippen LogP) is 12.8. The molecule has 0 unspecified atom stereocenters. The molecule has 0 saturated carbocycles. The van der Waals surface area contributed by atoms with Crippen LogP contribution in [0.15, 0.2) is 174 Å². The molecule has 0 saturated heterocycles. The van der Waals surface area contributed by atoms with Gasteiger partial charge in [0.15, 0.2) is 23.3 Å². The number of para-hydroxylation sites is 1. The lowest BCUT2D eigenvalue weighted by molar-refractivity contribution is 0.669. The number of aromatic nitrogens is 5. The molecule has 58 heavy (non-hydrogen) atoms. The summed E-state index contributed by atoms with van der Waals surface area (Å²) in [6.45, 7) is 0. The second-order valence-electron chi connectivity index (χ2n) is 13.9. The van der Waals surface area contributed by atoms with Crippen molar-refractivity contribution in [1.82, 2.24) is 24.9 Å². The van der Waals surface area contributed by atoms with Gasteiger partial charge >= 0.3 is 0 Å². The van der Waals surface area contributed by atoms with Gasteiger partial charge in [-0.3, -0.25) is 0 Å². The fourth-order valence-electron chi connectivity index (χ4n) is 7.60. The second kappa shape index (κ2) is 13.7. The Labute approximate surface area is 336 Å². The fraction of sp³-hybridized carbons (Fsp3) is 0. The minimum atomic E-state index is 0.535. The zero-order valence-corrected chi connectivity index (χ0v) is 31.5. The summed E-state index contributed by atoms with van der Waals surface area (Å²) in [5.74, 6) is 2.26. The highest BCUT2D eigenvalue weighted by atomic mass is 32.1. The molecule has 7 nitrogen and oxygen atoms in total. The maximum atomic E-state index is 9.25. The van der Waals surface area contributed by atoms with Crippen LogP contribution in [0.25, 0.3) is 110 Å². The van der Waals surface area contributed by atoms with E-state index in [9.17, 15) is 5.26 Å². The molecule has 0 aliphatic carbocycles. The van der Waals surface area contributed by atoms with E-state index in [-0.39, 0.29) is 0 Å². The minimum absolute atomic E-state index is 0.535. The van der Waals surface area contributed by atoms with Crippen LogP contribution in [0.3, 0.4) is 0 Å². The molecule has 270 valence electrons. The number of thiophene rings is 1. The van der Waals surface area contributed by atoms with Crippen LogP contribution in [0.5, 0.6) is 0 Å². The van der Waals surface area contributed by atoms with Crippen LogP contribution in [-0.2, 0) is 0 Å². The summed E-state index contributed by atoms with van der Waals surface area (Å²) in [5.41, 5.74) is 10.3. The lowest BCUT2D eigenvalue weighted by Gasteiger charge is -2.10. The number of hydrogen-bond acceptors (Lipinski definition) is 8. The standard InChI is InChI=1S/C50H28N6OS/c51-29-30-21-23-31(24-22-30)32-25-27-35(28-26-32)48-54-47(34-13-5-2-6-14-34)55-49(56-48)38-17-10-19-40-42(38)37-16-9-18-39(45(37)57-40)50-52-43(33-11-3-1-4-12-33)46-44(53-50)36-15-7-8-20-41(36)58-46/h1-28H. The molecule has 0 N–H and O–H groups in total. The highest BCUT2D eigenvalue weighted by Crippen LogP contribution is 2.43. The lowest BCUT2D eigenvalue weighted by atomic mass is 10.0. The van der Waals surface area contributed by atoms with E-state index in [0.29, 0.717) is 40.0 Å². The third kappa shape index (κ3) is 5.69. The van der Waals surface area contributed by atoms with E-state index < -0.39 is 0 Å². The first kappa shape index (κ1) is 33.5. The zero-order valence-electron chi connectivity index (χ0n) is 30.7. The minimum Gasteiger partial charge on any atom is -0.455 e. The van der Waals surface area contributed by atoms with Crippen molar-refractivity contribution in [1.29, 1.82) is 5.26 Å². The summed E-state index contributed by atoms with van der Waals surface area (Å²) in [7, 11) is 0. The molecule has 0 spiro atoms. The largest absolute Gasteiger partial charge is 0.455 e. The Kier molecular flexibility index (Phi) is 7.91. The molecule has 0 atom stereocenters. The van der Waals surface area contributed by atoms with Crippen molar-refractivity contribution in [3.8, 4) is 74.0 Å². The van der Waals surface area contributed by atoms with Gasteiger partial charge in [0.05, 0.1) is 33.1 Å². The van der Waals surface area contributed by atoms with Gasteiger partial charge in [0.2, 0.25) is 0 Å². The van der Waals surface area contributed by atoms with Gasteiger partial charge in [-0.2, -0.15) is 5.26 Å². The molecule has 0 bridgehead atoms. The Morgan fingerprint density at radius 3 is 1.76 bits per heavy atom. The number of fused-ring (bicyclic) bond motifs is 6. The van der Waals surface area contributed by atoms with Crippen LogP contribution in [0.4, 0.5) is 0 Å². The molecule has 0 aliphatic heterocycles. The monoisotopic (exact) mass is 760 g/mol. The van der Waals surface area contributed by atoms with E-state index in [1.54, 1.807) is 11.3 Å². The van der Waals surface area contributed by atoms with E-state index >= 15 is 0 Å². The van der Waals surface area contributed by atoms with Crippen molar-refractivity contribution in [2.24, 2.45) is 0 Å². The molecular formula is C50H28N6OS. The van der Waals surface area contributed by atoms with E-state index in [1.807, 2.05) is 115 Å². The van der Waals surface area contributed by atoms with Crippen LogP contribution < -0.4 is 0 Å². The van der Waals surface area contributed by atoms with Gasteiger partial charge in [0, 0.05) is 43.1 Å². The molecule has 11 aromatic rings. The van der Waals surface area contributed by atoms with E-state index in [4.69, 9.17) is 29.3 Å². The molecule has 0 aliphatic rings. The molecule has 4 aromatic heterocycles. The van der Waals surface area contributed by atoms with Gasteiger partial charge in [-0.15, -0.1) is 11.3 Å². The fourth-order valence-corrected chi connectivity index (χ4v) is 8.76. The first-order valence-corrected chi connectivity index (χ1v) is 19.6. The Hall–Kier alpha value is -7.86. The maximum absolute atomic E-state index is 9.25. The average Bonchev–Trinajstić information content (AvgIpc) is 3.88. The van der Waals surface area contributed by atoms with Gasteiger partial charge < -0.3 is 4.42 Å². The highest BCUT2D eigenvalue weighted by Gasteiger charge is 2.22. The molecule has 7 aromatic carbocycles. The summed E-state index contributed by atoms with van der Waals surface area (Å²) >= 11 is 1.72. The van der Waals surface area contributed by atoms with Crippen LogP contribution in [0.2, 0.25) is 0 Å². The molecule has 0 radical (unpaired) electrons. The first-order valence-electron chi connectivity index (χ1n) is 18.8. The number of hydrogen-bond donors (Lipinski definition) is 0. The third-order valence-corrected chi connectivity index (χ3v) is 11.6. The topological polar surface area (TPSA) is 101 Å². The van der Waals surface area contributed by atoms with Crippen molar-refractivity contribution in [3.05, 3.63) is 175 Å². The van der Waals surface area contributed by atoms with Gasteiger partial charge in [0.1, 0.15) is 11.2 Å². The van der Waals surface area contributed by atoms with Crippen molar-refractivity contribution in [2.45, 2.75) is 0 Å². The lowest BCUT2D eigenvalue weighted by Crippen LogP contribution is -2.00. The predicted molar refractivity (Wildman–Crippen MR) is 233 cm³/mol. The molecular weight excluding hydrogens is 733 g/mol. The Morgan fingerprint density at radius 1 is 0.448 bits per heavy atom. The number of nitriles is 1. The van der Waals surface area contributed by atoms with Crippen LogP contribution in [0.1, 0.15) is 5.56 Å². The van der Waals surface area contributed by atoms with E-state index in [2.05, 4.69) is 60.7 Å². The van der Waals surface area contributed by atoms with Gasteiger partial charge in [-0.05, 0) is 41.5 Å². The van der Waals surface area contributed by atoms with Crippen molar-refractivity contribution in [3.63, 3.8) is 0 Å². The van der Waals surface area contributed by atoms with Crippen LogP contribution in [-0.4, -0.2) is 24.9 Å². The van der Waals surface area contributed by atoms with Gasteiger partial charge in [-0.1, -0.05) is 140 Å². The second-order valence-corrected chi connectivity index (χ2v) is 15.0. The molecule has 8 heteroatoms. The van der Waals surface area contributed by atoms with Gasteiger partial charge in [0.25, 0.3) is 0 Å². The molecule has 11 rings (SSSR count). The molecule has 0 fully saturated rings. The summed E-state index contributed by atoms with van der Waals surface area (Å²) in [6.07, 6.45) is 0. The quantitative estimate of drug-likeness (QED) is 0.166.